The summed E-state index contributed by atoms with van der Waals surface area (Å²) >= 11 is 1.52. The molecule has 0 radical (unpaired) electrons. The maximum atomic E-state index is 12.9. The van der Waals surface area contributed by atoms with Gasteiger partial charge >= 0.3 is 0 Å². The summed E-state index contributed by atoms with van der Waals surface area (Å²) in [6, 6.07) is 7.05. The van der Waals surface area contributed by atoms with Gasteiger partial charge in [-0.1, -0.05) is 12.1 Å². The molecule has 2 atom stereocenters. The summed E-state index contributed by atoms with van der Waals surface area (Å²) in [5.41, 5.74) is 7.70. The molecule has 1 aliphatic heterocycles. The lowest BCUT2D eigenvalue weighted by molar-refractivity contribution is 0.429. The molecule has 124 valence electrons. The van der Waals surface area contributed by atoms with Crippen LogP contribution in [0.25, 0.3) is 10.6 Å². The first-order chi connectivity index (χ1) is 10.9. The minimum Gasteiger partial charge on any atom is -0.328 e. The molecule has 1 aromatic carbocycles. The van der Waals surface area contributed by atoms with Crippen molar-refractivity contribution in [3.63, 3.8) is 0 Å². The molecule has 0 amide bonds. The van der Waals surface area contributed by atoms with Crippen LogP contribution in [0.1, 0.15) is 19.0 Å². The number of hydrogen-bond donors (Lipinski definition) is 1. The predicted octanol–water partition coefficient (Wildman–Crippen LogP) is 2.48. The van der Waals surface area contributed by atoms with E-state index >= 15 is 0 Å². The van der Waals surface area contributed by atoms with Crippen LogP contribution in [0.4, 0.5) is 0 Å². The van der Waals surface area contributed by atoms with E-state index in [4.69, 9.17) is 5.73 Å². The van der Waals surface area contributed by atoms with Gasteiger partial charge in [0, 0.05) is 35.8 Å². The van der Waals surface area contributed by atoms with Crippen molar-refractivity contribution in [1.29, 1.82) is 0 Å². The number of benzene rings is 1. The third-order valence-corrected chi connectivity index (χ3v) is 7.14. The van der Waals surface area contributed by atoms with Crippen LogP contribution in [0.2, 0.25) is 0 Å². The van der Waals surface area contributed by atoms with E-state index in [0.29, 0.717) is 18.0 Å². The second-order valence-electron chi connectivity index (χ2n) is 6.09. The van der Waals surface area contributed by atoms with Crippen molar-refractivity contribution in [2.24, 2.45) is 11.7 Å². The fourth-order valence-corrected chi connectivity index (χ4v) is 5.18. The van der Waals surface area contributed by atoms with Crippen molar-refractivity contribution in [3.8, 4) is 10.6 Å². The van der Waals surface area contributed by atoms with Crippen molar-refractivity contribution in [3.05, 3.63) is 35.3 Å². The number of rotatable bonds is 4. The normalized spacial score (nSPS) is 20.7. The van der Waals surface area contributed by atoms with E-state index in [1.165, 1.54) is 11.3 Å². The maximum Gasteiger partial charge on any atom is 0.243 e. The Morgan fingerprint density at radius 3 is 2.83 bits per heavy atom. The Balaban J connectivity index is 1.89. The summed E-state index contributed by atoms with van der Waals surface area (Å²) in [6.07, 6.45) is 0.822. The molecule has 23 heavy (non-hydrogen) atoms. The van der Waals surface area contributed by atoms with Crippen LogP contribution < -0.4 is 5.73 Å². The third kappa shape index (κ3) is 3.33. The van der Waals surface area contributed by atoms with Gasteiger partial charge in [0.15, 0.2) is 0 Å². The maximum absolute atomic E-state index is 12.9. The lowest BCUT2D eigenvalue weighted by atomic mass is 10.0. The van der Waals surface area contributed by atoms with Crippen molar-refractivity contribution >= 4 is 21.4 Å². The first kappa shape index (κ1) is 16.6. The van der Waals surface area contributed by atoms with E-state index in [-0.39, 0.29) is 12.0 Å². The summed E-state index contributed by atoms with van der Waals surface area (Å²) < 4.78 is 27.3. The smallest absolute Gasteiger partial charge is 0.243 e. The van der Waals surface area contributed by atoms with E-state index in [1.54, 1.807) is 22.5 Å². The van der Waals surface area contributed by atoms with Crippen LogP contribution in [0.15, 0.2) is 34.5 Å². The summed E-state index contributed by atoms with van der Waals surface area (Å²) in [4.78, 5) is 4.76. The molecule has 1 saturated heterocycles. The summed E-state index contributed by atoms with van der Waals surface area (Å²) in [5, 5.41) is 2.80. The predicted molar refractivity (Wildman–Crippen MR) is 92.8 cm³/mol. The molecule has 1 fully saturated rings. The van der Waals surface area contributed by atoms with Gasteiger partial charge in [0.2, 0.25) is 10.0 Å². The van der Waals surface area contributed by atoms with E-state index in [2.05, 4.69) is 4.98 Å². The van der Waals surface area contributed by atoms with Gasteiger partial charge in [-0.25, -0.2) is 13.4 Å². The second kappa shape index (κ2) is 6.32. The average Bonchev–Trinajstić information content (AvgIpc) is 3.16. The van der Waals surface area contributed by atoms with Crippen LogP contribution in [-0.4, -0.2) is 36.8 Å². The van der Waals surface area contributed by atoms with Gasteiger partial charge in [0.1, 0.15) is 5.01 Å². The molecule has 0 spiro atoms. The number of thiazole rings is 1. The number of nitrogens with zero attached hydrogens (tertiary/aromatic N) is 2. The molecule has 7 heteroatoms. The van der Waals surface area contributed by atoms with Gasteiger partial charge in [0.25, 0.3) is 0 Å². The van der Waals surface area contributed by atoms with Crippen molar-refractivity contribution < 1.29 is 8.42 Å². The molecule has 1 aliphatic rings. The van der Waals surface area contributed by atoms with Crippen LogP contribution in [0, 0.1) is 12.8 Å². The molecule has 3 rings (SSSR count). The molecule has 2 heterocycles. The first-order valence-corrected chi connectivity index (χ1v) is 9.98. The zero-order valence-corrected chi connectivity index (χ0v) is 14.9. The number of hydrogen-bond acceptors (Lipinski definition) is 5. The minimum absolute atomic E-state index is 0.0137. The number of aryl methyl sites for hydroxylation is 1. The molecular formula is C16H21N3O2S2. The van der Waals surface area contributed by atoms with E-state index < -0.39 is 10.0 Å². The molecule has 0 bridgehead atoms. The van der Waals surface area contributed by atoms with Crippen LogP contribution in [0.5, 0.6) is 0 Å². The quantitative estimate of drug-likeness (QED) is 0.918. The van der Waals surface area contributed by atoms with Gasteiger partial charge in [0.05, 0.1) is 4.90 Å². The van der Waals surface area contributed by atoms with Crippen molar-refractivity contribution in [1.82, 2.24) is 9.29 Å². The molecular weight excluding hydrogens is 330 g/mol. The van der Waals surface area contributed by atoms with Crippen LogP contribution in [-0.2, 0) is 10.0 Å². The summed E-state index contributed by atoms with van der Waals surface area (Å²) in [6.45, 7) is 4.90. The molecule has 1 aromatic heterocycles. The molecule has 2 unspecified atom stereocenters. The highest BCUT2D eigenvalue weighted by atomic mass is 32.2. The van der Waals surface area contributed by atoms with E-state index in [9.17, 15) is 8.42 Å². The SMILES string of the molecule is Cc1csc(-c2cccc(S(=O)(=O)N3CCC(C(C)N)C3)c2)n1. The Kier molecular flexibility index (Phi) is 4.55. The number of nitrogens with two attached hydrogens (primary N) is 1. The third-order valence-electron chi connectivity index (χ3n) is 4.27. The minimum atomic E-state index is -3.47. The van der Waals surface area contributed by atoms with Gasteiger partial charge < -0.3 is 5.73 Å². The average molecular weight is 351 g/mol. The Labute approximate surface area is 141 Å². The van der Waals surface area contributed by atoms with E-state index in [0.717, 1.165) is 22.7 Å². The number of sulfonamides is 1. The Hall–Kier alpha value is -1.28. The zero-order valence-electron chi connectivity index (χ0n) is 13.3. The largest absolute Gasteiger partial charge is 0.328 e. The highest BCUT2D eigenvalue weighted by Gasteiger charge is 2.34. The lowest BCUT2D eigenvalue weighted by Crippen LogP contribution is -2.33. The van der Waals surface area contributed by atoms with Gasteiger partial charge in [-0.2, -0.15) is 4.31 Å². The van der Waals surface area contributed by atoms with Gasteiger partial charge in [-0.15, -0.1) is 11.3 Å². The van der Waals surface area contributed by atoms with E-state index in [1.807, 2.05) is 25.3 Å². The van der Waals surface area contributed by atoms with Crippen LogP contribution >= 0.6 is 11.3 Å². The molecule has 2 aromatic rings. The van der Waals surface area contributed by atoms with Gasteiger partial charge in [-0.3, -0.25) is 0 Å². The topological polar surface area (TPSA) is 76.3 Å². The van der Waals surface area contributed by atoms with Crippen LogP contribution in [0.3, 0.4) is 0 Å². The fraction of sp³-hybridized carbons (Fsp3) is 0.438. The lowest BCUT2D eigenvalue weighted by Gasteiger charge is -2.18. The summed E-state index contributed by atoms with van der Waals surface area (Å²) in [7, 11) is -3.47. The Bertz CT molecular complexity index is 799. The molecule has 2 N–H and O–H groups in total. The standard InChI is InChI=1S/C16H21N3O2S2/c1-11-10-22-16(18-11)13-4-3-5-15(8-13)23(20,21)19-7-6-14(9-19)12(2)17/h3-5,8,10,12,14H,6-7,9,17H2,1-2H3. The zero-order chi connectivity index (χ0) is 16.6. The second-order valence-corrected chi connectivity index (χ2v) is 8.89. The Morgan fingerprint density at radius 1 is 1.43 bits per heavy atom. The number of aromatic nitrogens is 1. The summed E-state index contributed by atoms with van der Waals surface area (Å²) in [5.74, 6) is 0.231. The Morgan fingerprint density at radius 2 is 2.22 bits per heavy atom. The highest BCUT2D eigenvalue weighted by molar-refractivity contribution is 7.89. The van der Waals surface area contributed by atoms with Crippen molar-refractivity contribution in [2.45, 2.75) is 31.2 Å². The highest BCUT2D eigenvalue weighted by Crippen LogP contribution is 2.29. The fourth-order valence-electron chi connectivity index (χ4n) is 2.83. The first-order valence-electron chi connectivity index (χ1n) is 7.66. The monoisotopic (exact) mass is 351 g/mol. The van der Waals surface area contributed by atoms with Gasteiger partial charge in [-0.05, 0) is 38.3 Å². The molecule has 5 nitrogen and oxygen atoms in total. The molecule has 0 aliphatic carbocycles. The van der Waals surface area contributed by atoms with Crippen molar-refractivity contribution in [2.75, 3.05) is 13.1 Å². The molecule has 0 saturated carbocycles.